The molecule has 0 bridgehead atoms. The van der Waals surface area contributed by atoms with Crippen LogP contribution in [0.2, 0.25) is 0 Å². The van der Waals surface area contributed by atoms with Gasteiger partial charge in [0.25, 0.3) is 0 Å². The zero-order chi connectivity index (χ0) is 20.9. The van der Waals surface area contributed by atoms with Crippen LogP contribution in [0.25, 0.3) is 21.5 Å². The molecule has 0 amide bonds. The van der Waals surface area contributed by atoms with Crippen LogP contribution in [0.4, 0.5) is 0 Å². The van der Waals surface area contributed by atoms with Gasteiger partial charge in [-0.2, -0.15) is 0 Å². The van der Waals surface area contributed by atoms with Gasteiger partial charge in [0.2, 0.25) is 0 Å². The van der Waals surface area contributed by atoms with Crippen molar-refractivity contribution in [3.63, 3.8) is 0 Å². The first-order valence-electron chi connectivity index (χ1n) is 10.4. The molecule has 6 rings (SSSR count). The van der Waals surface area contributed by atoms with E-state index in [1.165, 1.54) is 21.9 Å². The molecule has 0 aliphatic carbocycles. The van der Waals surface area contributed by atoms with Crippen LogP contribution in [-0.2, 0) is 19.9 Å². The molecule has 33 heavy (non-hydrogen) atoms. The van der Waals surface area contributed by atoms with Crippen LogP contribution in [0.3, 0.4) is 0 Å². The Morgan fingerprint density at radius 2 is 1.18 bits per heavy atom. The molecule has 0 saturated carbocycles. The Morgan fingerprint density at radius 1 is 0.636 bits per heavy atom. The van der Waals surface area contributed by atoms with Gasteiger partial charge < -0.3 is 24.8 Å². The van der Waals surface area contributed by atoms with Gasteiger partial charge in [0.15, 0.2) is 0 Å². The van der Waals surface area contributed by atoms with E-state index < -0.39 is 19.9 Å². The first-order valence-corrected chi connectivity index (χ1v) is 11.7. The van der Waals surface area contributed by atoms with Crippen molar-refractivity contribution in [2.75, 3.05) is 0 Å². The van der Waals surface area contributed by atoms with E-state index in [1.807, 2.05) is 12.1 Å². The smallest absolute Gasteiger partial charge is 1.00 e. The molecular weight excluding hydrogens is 491 g/mol. The topological polar surface area (TPSA) is 31.6 Å². The minimum absolute atomic E-state index is 0. The third-order valence-electron chi connectivity index (χ3n) is 6.21. The molecule has 0 unspecified atom stereocenters. The van der Waals surface area contributed by atoms with Crippen molar-refractivity contribution in [3.8, 4) is 11.5 Å². The van der Waals surface area contributed by atoms with Crippen molar-refractivity contribution in [2.24, 2.45) is 0 Å². The van der Waals surface area contributed by atoms with Crippen molar-refractivity contribution < 1.29 is 55.8 Å². The van der Waals surface area contributed by atoms with E-state index in [4.69, 9.17) is 11.1 Å². The van der Waals surface area contributed by atoms with Crippen molar-refractivity contribution >= 4 is 21.5 Å². The van der Waals surface area contributed by atoms with Crippen molar-refractivity contribution in [1.29, 1.82) is 0 Å². The van der Waals surface area contributed by atoms with Crippen LogP contribution < -0.4 is 31.5 Å². The third kappa shape index (κ3) is 3.83. The fourth-order valence-electron chi connectivity index (χ4n) is 4.79. The number of hydrogen-bond acceptors (Lipinski definition) is 3. The summed E-state index contributed by atoms with van der Waals surface area (Å²) in [6.45, 7) is 4.27. The van der Waals surface area contributed by atoms with Crippen molar-refractivity contribution in [3.05, 3.63) is 107 Å². The Kier molecular flexibility index (Phi) is 6.79. The molecule has 6 heteroatoms. The molecule has 0 saturated heterocycles. The van der Waals surface area contributed by atoms with E-state index in [1.54, 1.807) is 6.26 Å². The molecule has 0 N–H and O–H groups in total. The largest absolute Gasteiger partial charge is 1.00 e. The SMILES string of the molecule is Cc1cccc2ccc3c(c12)[O][Ti+2][O]c1c(ccc2cccc(C)c12)C3c1ccco1.[Cl-].[Cl-]. The summed E-state index contributed by atoms with van der Waals surface area (Å²) in [5.41, 5.74) is 4.65. The van der Waals surface area contributed by atoms with Crippen LogP contribution in [0.5, 0.6) is 11.5 Å². The van der Waals surface area contributed by atoms with Gasteiger partial charge in [0.05, 0.1) is 0 Å². The van der Waals surface area contributed by atoms with Crippen LogP contribution >= 0.6 is 0 Å². The molecular formula is C27H20Cl2O3Ti. The second-order valence-electron chi connectivity index (χ2n) is 8.05. The average Bonchev–Trinajstić information content (AvgIpc) is 3.29. The Labute approximate surface area is 214 Å². The summed E-state index contributed by atoms with van der Waals surface area (Å²) < 4.78 is 18.9. The van der Waals surface area contributed by atoms with Crippen LogP contribution in [-0.4, -0.2) is 0 Å². The fourth-order valence-corrected chi connectivity index (χ4v) is 5.80. The van der Waals surface area contributed by atoms with E-state index in [0.717, 1.165) is 39.2 Å². The second-order valence-corrected chi connectivity index (χ2v) is 8.95. The van der Waals surface area contributed by atoms with Gasteiger partial charge in [-0.3, -0.25) is 0 Å². The van der Waals surface area contributed by atoms with Gasteiger partial charge in [-0.05, 0) is 0 Å². The number of furan rings is 1. The average molecular weight is 511 g/mol. The fraction of sp³-hybridized carbons (Fsp3) is 0.111. The zero-order valence-corrected chi connectivity index (χ0v) is 21.1. The Bertz CT molecular complexity index is 1350. The van der Waals surface area contributed by atoms with Crippen LogP contribution in [0, 0.1) is 13.8 Å². The van der Waals surface area contributed by atoms with E-state index in [9.17, 15) is 0 Å². The number of hydrogen-bond donors (Lipinski definition) is 0. The predicted molar refractivity (Wildman–Crippen MR) is 118 cm³/mol. The molecule has 1 aliphatic rings. The Balaban J connectivity index is 0.00000130. The third-order valence-corrected chi connectivity index (χ3v) is 7.11. The number of fused-ring (bicyclic) bond motifs is 6. The predicted octanol–water partition coefficient (Wildman–Crippen LogP) is 1.07. The van der Waals surface area contributed by atoms with Gasteiger partial charge in [0.1, 0.15) is 0 Å². The minimum Gasteiger partial charge on any atom is -1.00 e. The molecule has 1 aliphatic heterocycles. The second kappa shape index (κ2) is 9.44. The van der Waals surface area contributed by atoms with Gasteiger partial charge in [0, 0.05) is 0 Å². The van der Waals surface area contributed by atoms with E-state index in [0.29, 0.717) is 0 Å². The van der Waals surface area contributed by atoms with Gasteiger partial charge >= 0.3 is 191 Å². The van der Waals surface area contributed by atoms with Crippen LogP contribution in [0.15, 0.2) is 83.5 Å². The number of benzene rings is 4. The molecule has 0 spiro atoms. The Hall–Kier alpha value is -2.43. The molecule has 5 aromatic rings. The summed E-state index contributed by atoms with van der Waals surface area (Å²) in [6, 6.07) is 25.5. The number of aryl methyl sites for hydroxylation is 2. The molecule has 0 fully saturated rings. The normalized spacial score (nSPS) is 12.4. The molecule has 164 valence electrons. The summed E-state index contributed by atoms with van der Waals surface area (Å²) in [5.74, 6) is 2.62. The number of rotatable bonds is 1. The standard InChI is InChI=1S/C27H22O3.2ClH.Ti/c1-16-6-3-8-18-11-13-20(26(28)23(16)18)25(22-10-5-15-30-22)21-14-12-19-9-4-7-17(2)24(19)27(21)29;;;/h3-15,25,28-29H,1-2H3;2*1H;/q;;;+4/p-4. The maximum absolute atomic E-state index is 6.46. The zero-order valence-electron chi connectivity index (χ0n) is 18.1. The molecule has 3 nitrogen and oxygen atoms in total. The summed E-state index contributed by atoms with van der Waals surface area (Å²) in [7, 11) is 0. The molecule has 1 aromatic heterocycles. The van der Waals surface area contributed by atoms with Crippen molar-refractivity contribution in [1.82, 2.24) is 0 Å². The monoisotopic (exact) mass is 510 g/mol. The van der Waals surface area contributed by atoms with Crippen molar-refractivity contribution in [2.45, 2.75) is 19.8 Å². The summed E-state index contributed by atoms with van der Waals surface area (Å²) in [4.78, 5) is 0. The Morgan fingerprint density at radius 3 is 1.67 bits per heavy atom. The maximum Gasteiger partial charge on any atom is -1.00 e. The molecule has 2 heterocycles. The molecule has 0 atom stereocenters. The quantitative estimate of drug-likeness (QED) is 0.316. The van der Waals surface area contributed by atoms with E-state index in [2.05, 4.69) is 74.5 Å². The first-order chi connectivity index (χ1) is 15.2. The van der Waals surface area contributed by atoms with Gasteiger partial charge in [-0.25, -0.2) is 0 Å². The first kappa shape index (κ1) is 23.7. The van der Waals surface area contributed by atoms with E-state index in [-0.39, 0.29) is 30.7 Å². The molecule has 4 aromatic carbocycles. The van der Waals surface area contributed by atoms with Crippen LogP contribution in [0.1, 0.15) is 33.9 Å². The number of halogens is 2. The summed E-state index contributed by atoms with van der Waals surface area (Å²) in [5, 5.41) is 4.67. The summed E-state index contributed by atoms with van der Waals surface area (Å²) in [6.07, 6.45) is 1.74. The van der Waals surface area contributed by atoms with Gasteiger partial charge in [-0.15, -0.1) is 0 Å². The summed E-state index contributed by atoms with van der Waals surface area (Å²) >= 11 is -1.15. The van der Waals surface area contributed by atoms with Gasteiger partial charge in [-0.1, -0.05) is 0 Å². The molecule has 0 radical (unpaired) electrons. The minimum atomic E-state index is -1.15. The maximum atomic E-state index is 6.46. The van der Waals surface area contributed by atoms with E-state index >= 15 is 0 Å².